The first-order chi connectivity index (χ1) is 12.0. The molecule has 1 N–H and O–H groups in total. The molecule has 2 rings (SSSR count). The van der Waals surface area contributed by atoms with E-state index in [1.165, 1.54) is 0 Å². The van der Waals surface area contributed by atoms with Crippen LogP contribution in [0.3, 0.4) is 0 Å². The van der Waals surface area contributed by atoms with Crippen LogP contribution in [0.2, 0.25) is 0 Å². The smallest absolute Gasteiger partial charge is 0.258 e. The lowest BCUT2D eigenvalue weighted by Crippen LogP contribution is -2.28. The Morgan fingerprint density at radius 3 is 2.72 bits per heavy atom. The summed E-state index contributed by atoms with van der Waals surface area (Å²) in [5.74, 6) is 0.574. The standard InChI is InChI=1S/C18H16Br2N2O3/c1-2-24-16-8-13(9-21)7-15(20)18(16)25-11-17(23)22-10-12-4-3-5-14(19)6-12/h3-8H,2,10-11H2,1H3,(H,22,23). The highest BCUT2D eigenvalue weighted by atomic mass is 79.9. The number of nitrogens with zero attached hydrogens (tertiary/aromatic N) is 1. The summed E-state index contributed by atoms with van der Waals surface area (Å²) in [6.07, 6.45) is 0. The molecular formula is C18H16Br2N2O3. The fourth-order valence-corrected chi connectivity index (χ4v) is 3.08. The lowest BCUT2D eigenvalue weighted by atomic mass is 10.2. The summed E-state index contributed by atoms with van der Waals surface area (Å²) in [6.45, 7) is 2.52. The molecule has 0 aliphatic rings. The van der Waals surface area contributed by atoms with Gasteiger partial charge < -0.3 is 14.8 Å². The van der Waals surface area contributed by atoms with E-state index < -0.39 is 0 Å². The van der Waals surface area contributed by atoms with Crippen molar-refractivity contribution < 1.29 is 14.3 Å². The minimum atomic E-state index is -0.251. The quantitative estimate of drug-likeness (QED) is 0.663. The Balaban J connectivity index is 1.98. The first-order valence-electron chi connectivity index (χ1n) is 7.54. The topological polar surface area (TPSA) is 71.3 Å². The Hall–Kier alpha value is -2.04. The van der Waals surface area contributed by atoms with Crippen LogP contribution in [-0.4, -0.2) is 19.1 Å². The van der Waals surface area contributed by atoms with Gasteiger partial charge in [-0.15, -0.1) is 0 Å². The molecule has 0 aromatic heterocycles. The average Bonchev–Trinajstić information content (AvgIpc) is 2.59. The number of rotatable bonds is 7. The van der Waals surface area contributed by atoms with Crippen molar-refractivity contribution in [1.82, 2.24) is 5.32 Å². The molecule has 0 aliphatic carbocycles. The van der Waals surface area contributed by atoms with Crippen LogP contribution < -0.4 is 14.8 Å². The van der Waals surface area contributed by atoms with E-state index in [-0.39, 0.29) is 12.5 Å². The number of hydrogen-bond donors (Lipinski definition) is 1. The molecule has 0 bridgehead atoms. The van der Waals surface area contributed by atoms with Crippen molar-refractivity contribution in [2.24, 2.45) is 0 Å². The Morgan fingerprint density at radius 2 is 2.04 bits per heavy atom. The van der Waals surface area contributed by atoms with Crippen LogP contribution in [0.5, 0.6) is 11.5 Å². The molecule has 0 atom stereocenters. The number of halogens is 2. The van der Waals surface area contributed by atoms with Crippen LogP contribution in [0.4, 0.5) is 0 Å². The van der Waals surface area contributed by atoms with Crippen molar-refractivity contribution in [2.75, 3.05) is 13.2 Å². The first kappa shape index (κ1) is 19.3. The van der Waals surface area contributed by atoms with E-state index >= 15 is 0 Å². The average molecular weight is 468 g/mol. The van der Waals surface area contributed by atoms with E-state index in [1.54, 1.807) is 12.1 Å². The summed E-state index contributed by atoms with van der Waals surface area (Å²) in [5.41, 5.74) is 1.43. The van der Waals surface area contributed by atoms with Crippen LogP contribution >= 0.6 is 31.9 Å². The van der Waals surface area contributed by atoms with Gasteiger partial charge in [-0.2, -0.15) is 5.26 Å². The summed E-state index contributed by atoms with van der Waals surface area (Å²) in [5, 5.41) is 11.8. The Bertz CT molecular complexity index is 803. The molecular weight excluding hydrogens is 452 g/mol. The molecule has 1 amide bonds. The zero-order chi connectivity index (χ0) is 18.2. The molecule has 2 aromatic carbocycles. The molecule has 130 valence electrons. The Labute approximate surface area is 163 Å². The summed E-state index contributed by atoms with van der Waals surface area (Å²) >= 11 is 6.74. The Morgan fingerprint density at radius 1 is 1.24 bits per heavy atom. The van der Waals surface area contributed by atoms with Gasteiger partial charge in [0.15, 0.2) is 18.1 Å². The van der Waals surface area contributed by atoms with Gasteiger partial charge in [-0.25, -0.2) is 0 Å². The molecule has 0 spiro atoms. The van der Waals surface area contributed by atoms with Crippen LogP contribution in [-0.2, 0) is 11.3 Å². The first-order valence-corrected chi connectivity index (χ1v) is 9.12. The predicted octanol–water partition coefficient (Wildman–Crippen LogP) is 4.18. The molecule has 0 unspecified atom stereocenters. The zero-order valence-electron chi connectivity index (χ0n) is 13.5. The van der Waals surface area contributed by atoms with Crippen molar-refractivity contribution in [2.45, 2.75) is 13.5 Å². The summed E-state index contributed by atoms with van der Waals surface area (Å²) in [7, 11) is 0. The second-order valence-corrected chi connectivity index (χ2v) is 6.80. The maximum absolute atomic E-state index is 12.0. The molecule has 0 aliphatic heterocycles. The van der Waals surface area contributed by atoms with E-state index in [1.807, 2.05) is 31.2 Å². The van der Waals surface area contributed by atoms with Gasteiger partial charge in [-0.05, 0) is 46.6 Å². The monoisotopic (exact) mass is 466 g/mol. The SMILES string of the molecule is CCOc1cc(C#N)cc(Br)c1OCC(=O)NCc1cccc(Br)c1. The number of ether oxygens (including phenoxy) is 2. The third-order valence-corrected chi connectivity index (χ3v) is 4.25. The number of nitriles is 1. The fourth-order valence-electron chi connectivity index (χ4n) is 2.07. The third kappa shape index (κ3) is 5.76. The third-order valence-electron chi connectivity index (χ3n) is 3.16. The maximum atomic E-state index is 12.0. The molecule has 0 heterocycles. The van der Waals surface area contributed by atoms with Gasteiger partial charge in [0, 0.05) is 17.1 Å². The second kappa shape index (κ2) is 9.44. The van der Waals surface area contributed by atoms with Gasteiger partial charge in [0.05, 0.1) is 22.7 Å². The highest BCUT2D eigenvalue weighted by molar-refractivity contribution is 9.10. The molecule has 2 aromatic rings. The normalized spacial score (nSPS) is 10.0. The number of nitrogens with one attached hydrogen (secondary N) is 1. The van der Waals surface area contributed by atoms with E-state index in [2.05, 4.69) is 43.2 Å². The largest absolute Gasteiger partial charge is 0.490 e. The molecule has 0 saturated heterocycles. The van der Waals surface area contributed by atoms with Gasteiger partial charge in [0.2, 0.25) is 0 Å². The maximum Gasteiger partial charge on any atom is 0.258 e. The van der Waals surface area contributed by atoms with Gasteiger partial charge >= 0.3 is 0 Å². The Kier molecular flexibility index (Phi) is 7.29. The number of carbonyl (C=O) groups excluding carboxylic acids is 1. The van der Waals surface area contributed by atoms with Crippen LogP contribution in [0.1, 0.15) is 18.1 Å². The lowest BCUT2D eigenvalue weighted by Gasteiger charge is -2.14. The fraction of sp³-hybridized carbons (Fsp3) is 0.222. The molecule has 0 fully saturated rings. The van der Waals surface area contributed by atoms with E-state index in [9.17, 15) is 4.79 Å². The van der Waals surface area contributed by atoms with Crippen LogP contribution in [0.25, 0.3) is 0 Å². The van der Waals surface area contributed by atoms with E-state index in [0.717, 1.165) is 10.0 Å². The van der Waals surface area contributed by atoms with Crippen molar-refractivity contribution in [3.05, 3.63) is 56.5 Å². The van der Waals surface area contributed by atoms with Gasteiger partial charge in [0.1, 0.15) is 0 Å². The predicted molar refractivity (Wildman–Crippen MR) is 102 cm³/mol. The molecule has 0 radical (unpaired) electrons. The van der Waals surface area contributed by atoms with Gasteiger partial charge in [0.25, 0.3) is 5.91 Å². The summed E-state index contributed by atoms with van der Waals surface area (Å²) in [4.78, 5) is 12.0. The van der Waals surface area contributed by atoms with Crippen molar-refractivity contribution in [3.63, 3.8) is 0 Å². The van der Waals surface area contributed by atoms with Crippen molar-refractivity contribution in [1.29, 1.82) is 5.26 Å². The minimum absolute atomic E-state index is 0.154. The van der Waals surface area contributed by atoms with Crippen molar-refractivity contribution in [3.8, 4) is 17.6 Å². The highest BCUT2D eigenvalue weighted by Gasteiger charge is 2.14. The number of carbonyl (C=O) groups is 1. The number of hydrogen-bond acceptors (Lipinski definition) is 4. The minimum Gasteiger partial charge on any atom is -0.490 e. The van der Waals surface area contributed by atoms with E-state index in [0.29, 0.717) is 34.7 Å². The van der Waals surface area contributed by atoms with E-state index in [4.69, 9.17) is 14.7 Å². The molecule has 25 heavy (non-hydrogen) atoms. The summed E-state index contributed by atoms with van der Waals surface area (Å²) in [6, 6.07) is 13.0. The molecule has 0 saturated carbocycles. The lowest BCUT2D eigenvalue weighted by molar-refractivity contribution is -0.123. The molecule has 5 nitrogen and oxygen atoms in total. The second-order valence-electron chi connectivity index (χ2n) is 5.03. The van der Waals surface area contributed by atoms with Gasteiger partial charge in [-0.3, -0.25) is 4.79 Å². The zero-order valence-corrected chi connectivity index (χ0v) is 16.7. The van der Waals surface area contributed by atoms with Crippen LogP contribution in [0.15, 0.2) is 45.3 Å². The highest BCUT2D eigenvalue weighted by Crippen LogP contribution is 2.36. The summed E-state index contributed by atoms with van der Waals surface area (Å²) < 4.78 is 12.6. The van der Waals surface area contributed by atoms with Crippen molar-refractivity contribution >= 4 is 37.8 Å². The number of benzene rings is 2. The molecule has 7 heteroatoms. The van der Waals surface area contributed by atoms with Gasteiger partial charge in [-0.1, -0.05) is 28.1 Å². The van der Waals surface area contributed by atoms with Crippen LogP contribution in [0, 0.1) is 11.3 Å². The number of amides is 1.